The predicted molar refractivity (Wildman–Crippen MR) is 97.6 cm³/mol. The van der Waals surface area contributed by atoms with Gasteiger partial charge in [-0.15, -0.1) is 0 Å². The highest BCUT2D eigenvalue weighted by Gasteiger charge is 2.36. The van der Waals surface area contributed by atoms with Crippen LogP contribution in [-0.2, 0) is 14.8 Å². The van der Waals surface area contributed by atoms with Gasteiger partial charge in [0.15, 0.2) is 0 Å². The molecule has 26 heavy (non-hydrogen) atoms. The van der Waals surface area contributed by atoms with Crippen LogP contribution in [-0.4, -0.2) is 49.7 Å². The van der Waals surface area contributed by atoms with Gasteiger partial charge in [-0.05, 0) is 43.7 Å². The van der Waals surface area contributed by atoms with Gasteiger partial charge in [0.1, 0.15) is 6.07 Å². The lowest BCUT2D eigenvalue weighted by molar-refractivity contribution is -0.138. The maximum absolute atomic E-state index is 13.0. The molecule has 2 heterocycles. The third-order valence-corrected chi connectivity index (χ3v) is 7.38. The summed E-state index contributed by atoms with van der Waals surface area (Å²) in [7, 11) is -3.77. The molecule has 2 aliphatic heterocycles. The van der Waals surface area contributed by atoms with Gasteiger partial charge < -0.3 is 4.90 Å². The SMILES string of the molecule is CC1CCN(C(=O)[C@H]2CCCN(S(=O)(=O)c3ccccc3C#N)C2)CC1. The van der Waals surface area contributed by atoms with Crippen LogP contribution < -0.4 is 0 Å². The van der Waals surface area contributed by atoms with Gasteiger partial charge in [-0.1, -0.05) is 19.1 Å². The molecule has 2 aliphatic rings. The number of nitriles is 1. The summed E-state index contributed by atoms with van der Waals surface area (Å²) in [6.45, 7) is 4.32. The molecule has 2 fully saturated rings. The second-order valence-electron chi connectivity index (χ2n) is 7.32. The summed E-state index contributed by atoms with van der Waals surface area (Å²) >= 11 is 0. The van der Waals surface area contributed by atoms with E-state index in [0.29, 0.717) is 18.9 Å². The standard InChI is InChI=1S/C19H25N3O3S/c1-15-8-11-21(12-9-15)19(23)17-6-4-10-22(14-17)26(24,25)18-7-3-2-5-16(18)13-20/h2-3,5,7,15,17H,4,6,8-12,14H2,1H3/t17-/m0/s1. The van der Waals surface area contributed by atoms with Crippen molar-refractivity contribution in [2.45, 2.75) is 37.5 Å². The van der Waals surface area contributed by atoms with E-state index < -0.39 is 10.0 Å². The molecule has 0 bridgehead atoms. The molecule has 1 aromatic rings. The monoisotopic (exact) mass is 375 g/mol. The van der Waals surface area contributed by atoms with Gasteiger partial charge in [0, 0.05) is 26.2 Å². The lowest BCUT2D eigenvalue weighted by atomic mass is 9.94. The molecule has 0 spiro atoms. The van der Waals surface area contributed by atoms with E-state index in [2.05, 4.69) is 6.92 Å². The zero-order valence-corrected chi connectivity index (χ0v) is 15.9. The number of nitrogens with zero attached hydrogens (tertiary/aromatic N) is 3. The number of carbonyl (C=O) groups is 1. The Hall–Kier alpha value is -1.91. The summed E-state index contributed by atoms with van der Waals surface area (Å²) in [6.07, 6.45) is 3.40. The Morgan fingerprint density at radius 3 is 2.54 bits per heavy atom. The molecule has 1 atom stereocenters. The molecule has 140 valence electrons. The first-order valence-corrected chi connectivity index (χ1v) is 10.7. The number of likely N-dealkylation sites (tertiary alicyclic amines) is 1. The molecule has 0 radical (unpaired) electrons. The molecule has 1 amide bonds. The van der Waals surface area contributed by atoms with Gasteiger partial charge in [0.2, 0.25) is 15.9 Å². The highest BCUT2D eigenvalue weighted by molar-refractivity contribution is 7.89. The topological polar surface area (TPSA) is 81.5 Å². The smallest absolute Gasteiger partial charge is 0.244 e. The normalized spacial score (nSPS) is 22.8. The van der Waals surface area contributed by atoms with Crippen LogP contribution in [0, 0.1) is 23.2 Å². The van der Waals surface area contributed by atoms with Crippen molar-refractivity contribution in [3.05, 3.63) is 29.8 Å². The summed E-state index contributed by atoms with van der Waals surface area (Å²) in [5.41, 5.74) is 0.144. The van der Waals surface area contributed by atoms with Crippen molar-refractivity contribution in [1.29, 1.82) is 5.26 Å². The number of amides is 1. The first-order chi connectivity index (χ1) is 12.4. The van der Waals surface area contributed by atoms with Crippen LogP contribution in [0.2, 0.25) is 0 Å². The van der Waals surface area contributed by atoms with Crippen molar-refractivity contribution in [1.82, 2.24) is 9.21 Å². The minimum atomic E-state index is -3.77. The first-order valence-electron chi connectivity index (χ1n) is 9.21. The number of rotatable bonds is 3. The molecular formula is C19H25N3O3S. The number of hydrogen-bond acceptors (Lipinski definition) is 4. The summed E-state index contributed by atoms with van der Waals surface area (Å²) in [6, 6.07) is 8.19. The second kappa shape index (κ2) is 7.77. The second-order valence-corrected chi connectivity index (χ2v) is 9.22. The number of benzene rings is 1. The Kier molecular flexibility index (Phi) is 5.64. The summed E-state index contributed by atoms with van der Waals surface area (Å²) < 4.78 is 27.4. The molecule has 2 saturated heterocycles. The lowest BCUT2D eigenvalue weighted by Gasteiger charge is -2.37. The summed E-state index contributed by atoms with van der Waals surface area (Å²) in [5, 5.41) is 9.22. The van der Waals surface area contributed by atoms with E-state index in [-0.39, 0.29) is 28.8 Å². The molecule has 0 aliphatic carbocycles. The highest BCUT2D eigenvalue weighted by atomic mass is 32.2. The zero-order chi connectivity index (χ0) is 18.7. The summed E-state index contributed by atoms with van der Waals surface area (Å²) in [5.74, 6) is 0.427. The number of hydrogen-bond donors (Lipinski definition) is 0. The van der Waals surface area contributed by atoms with E-state index in [9.17, 15) is 18.5 Å². The Labute approximate surface area is 155 Å². The molecule has 6 nitrogen and oxygen atoms in total. The molecule has 3 rings (SSSR count). The minimum absolute atomic E-state index is 0.0300. The third-order valence-electron chi connectivity index (χ3n) is 5.45. The maximum Gasteiger partial charge on any atom is 0.244 e. The van der Waals surface area contributed by atoms with Crippen LogP contribution in [0.3, 0.4) is 0 Å². The van der Waals surface area contributed by atoms with Gasteiger partial charge in [-0.3, -0.25) is 4.79 Å². The highest BCUT2D eigenvalue weighted by Crippen LogP contribution is 2.27. The largest absolute Gasteiger partial charge is 0.342 e. The van der Waals surface area contributed by atoms with Crippen LogP contribution in [0.4, 0.5) is 0 Å². The van der Waals surface area contributed by atoms with Crippen molar-refractivity contribution >= 4 is 15.9 Å². The maximum atomic E-state index is 13.0. The molecular weight excluding hydrogens is 350 g/mol. The molecule has 0 unspecified atom stereocenters. The van der Waals surface area contributed by atoms with E-state index in [4.69, 9.17) is 0 Å². The average Bonchev–Trinajstić information content (AvgIpc) is 2.68. The van der Waals surface area contributed by atoms with Crippen LogP contribution in [0.25, 0.3) is 0 Å². The van der Waals surface area contributed by atoms with Gasteiger partial charge in [-0.25, -0.2) is 8.42 Å². The average molecular weight is 375 g/mol. The van der Waals surface area contributed by atoms with E-state index in [1.807, 2.05) is 11.0 Å². The fourth-order valence-electron chi connectivity index (χ4n) is 3.77. The lowest BCUT2D eigenvalue weighted by Crippen LogP contribution is -2.48. The number of carbonyl (C=O) groups excluding carboxylic acids is 1. The quantitative estimate of drug-likeness (QED) is 0.811. The van der Waals surface area contributed by atoms with Gasteiger partial charge in [0.05, 0.1) is 16.4 Å². The first kappa shape index (κ1) is 18.9. The van der Waals surface area contributed by atoms with Crippen LogP contribution in [0.1, 0.15) is 38.2 Å². The van der Waals surface area contributed by atoms with Crippen LogP contribution in [0.15, 0.2) is 29.2 Å². The Balaban J connectivity index is 1.76. The van der Waals surface area contributed by atoms with E-state index >= 15 is 0 Å². The predicted octanol–water partition coefficient (Wildman–Crippen LogP) is 2.22. The van der Waals surface area contributed by atoms with Crippen molar-refractivity contribution < 1.29 is 13.2 Å². The molecule has 0 aromatic heterocycles. The molecule has 7 heteroatoms. The van der Waals surface area contributed by atoms with E-state index in [1.54, 1.807) is 12.1 Å². The zero-order valence-electron chi connectivity index (χ0n) is 15.1. The molecule has 0 saturated carbocycles. The van der Waals surface area contributed by atoms with Gasteiger partial charge in [-0.2, -0.15) is 9.57 Å². The fraction of sp³-hybridized carbons (Fsp3) is 0.579. The van der Waals surface area contributed by atoms with E-state index in [1.165, 1.54) is 16.4 Å². The third kappa shape index (κ3) is 3.76. The minimum Gasteiger partial charge on any atom is -0.342 e. The van der Waals surface area contributed by atoms with Crippen molar-refractivity contribution in [2.24, 2.45) is 11.8 Å². The van der Waals surface area contributed by atoms with Crippen LogP contribution in [0.5, 0.6) is 0 Å². The van der Waals surface area contributed by atoms with E-state index in [0.717, 1.165) is 32.4 Å². The van der Waals surface area contributed by atoms with Gasteiger partial charge in [0.25, 0.3) is 0 Å². The Morgan fingerprint density at radius 1 is 1.15 bits per heavy atom. The Bertz CT molecular complexity index is 808. The molecule has 0 N–H and O–H groups in total. The summed E-state index contributed by atoms with van der Waals surface area (Å²) in [4.78, 5) is 14.8. The fourth-order valence-corrected chi connectivity index (χ4v) is 5.44. The Morgan fingerprint density at radius 2 is 1.85 bits per heavy atom. The molecule has 1 aromatic carbocycles. The van der Waals surface area contributed by atoms with Gasteiger partial charge >= 0.3 is 0 Å². The van der Waals surface area contributed by atoms with Crippen molar-refractivity contribution in [3.63, 3.8) is 0 Å². The van der Waals surface area contributed by atoms with Crippen molar-refractivity contribution in [3.8, 4) is 6.07 Å². The van der Waals surface area contributed by atoms with Crippen molar-refractivity contribution in [2.75, 3.05) is 26.2 Å². The van der Waals surface area contributed by atoms with Crippen LogP contribution >= 0.6 is 0 Å². The number of sulfonamides is 1. The number of piperidine rings is 2.